The highest BCUT2D eigenvalue weighted by molar-refractivity contribution is 5.86. The first-order valence-corrected chi connectivity index (χ1v) is 7.46. The van der Waals surface area contributed by atoms with Crippen LogP contribution in [0.4, 0.5) is 4.79 Å². The molecule has 24 heavy (non-hydrogen) atoms. The van der Waals surface area contributed by atoms with Crippen molar-refractivity contribution in [2.45, 2.75) is 38.8 Å². The van der Waals surface area contributed by atoms with Crippen LogP contribution >= 0.6 is 0 Å². The molecule has 0 aliphatic rings. The maximum absolute atomic E-state index is 12.1. The Morgan fingerprint density at radius 3 is 2.54 bits per heavy atom. The normalized spacial score (nSPS) is 12.5. The second kappa shape index (κ2) is 7.16. The van der Waals surface area contributed by atoms with Gasteiger partial charge >= 0.3 is 12.1 Å². The average Bonchev–Trinajstić information content (AvgIpc) is 2.95. The average molecular weight is 332 g/mol. The van der Waals surface area contributed by atoms with E-state index in [1.807, 2.05) is 30.3 Å². The molecule has 0 radical (unpaired) electrons. The van der Waals surface area contributed by atoms with Gasteiger partial charge in [0.1, 0.15) is 5.60 Å². The Labute approximate surface area is 139 Å². The van der Waals surface area contributed by atoms with E-state index in [1.54, 1.807) is 20.8 Å². The van der Waals surface area contributed by atoms with Crippen LogP contribution in [-0.2, 0) is 11.2 Å². The number of benzene rings is 1. The van der Waals surface area contributed by atoms with Crippen LogP contribution in [-0.4, -0.2) is 27.8 Å². The second-order valence-corrected chi connectivity index (χ2v) is 6.26. The van der Waals surface area contributed by atoms with Crippen molar-refractivity contribution in [2.24, 2.45) is 0 Å². The third kappa shape index (κ3) is 4.84. The van der Waals surface area contributed by atoms with Crippen molar-refractivity contribution in [1.82, 2.24) is 10.3 Å². The lowest BCUT2D eigenvalue weighted by Crippen LogP contribution is -2.36. The van der Waals surface area contributed by atoms with E-state index in [0.717, 1.165) is 12.0 Å². The number of carboxylic acid groups (broad SMARTS) is 1. The van der Waals surface area contributed by atoms with Gasteiger partial charge in [0.05, 0.1) is 6.04 Å². The fourth-order valence-corrected chi connectivity index (χ4v) is 2.17. The molecular formula is C17H20N2O5. The minimum absolute atomic E-state index is 0.0808. The maximum atomic E-state index is 12.1. The molecule has 1 heterocycles. The molecule has 1 aromatic heterocycles. The van der Waals surface area contributed by atoms with Crippen LogP contribution in [0.1, 0.15) is 48.6 Å². The Bertz CT molecular complexity index is 703. The zero-order valence-electron chi connectivity index (χ0n) is 13.8. The Kier molecular flexibility index (Phi) is 5.23. The molecule has 1 aromatic carbocycles. The third-order valence-electron chi connectivity index (χ3n) is 3.09. The van der Waals surface area contributed by atoms with E-state index in [0.29, 0.717) is 6.42 Å². The van der Waals surface area contributed by atoms with Gasteiger partial charge < -0.3 is 19.6 Å². The predicted octanol–water partition coefficient (Wildman–Crippen LogP) is 3.18. The first kappa shape index (κ1) is 17.5. The fourth-order valence-electron chi connectivity index (χ4n) is 2.17. The molecular weight excluding hydrogens is 312 g/mol. The summed E-state index contributed by atoms with van der Waals surface area (Å²) in [5.74, 6) is -1.14. The number of hydrogen-bond acceptors (Lipinski definition) is 5. The number of nitrogens with zero attached hydrogens (tertiary/aromatic N) is 1. The summed E-state index contributed by atoms with van der Waals surface area (Å²) in [6.45, 7) is 5.24. The SMILES string of the molecule is CC(C)(C)OC(=O)NC(Cc1ccccc1)c1ocnc1C(=O)O. The van der Waals surface area contributed by atoms with E-state index in [-0.39, 0.29) is 11.5 Å². The molecule has 1 amide bonds. The molecule has 1 atom stereocenters. The molecule has 7 heteroatoms. The number of carbonyl (C=O) groups excluding carboxylic acids is 1. The zero-order chi connectivity index (χ0) is 17.7. The van der Waals surface area contributed by atoms with Crippen LogP contribution in [0.15, 0.2) is 41.1 Å². The molecule has 2 aromatic rings. The summed E-state index contributed by atoms with van der Waals surface area (Å²) in [4.78, 5) is 27.1. The quantitative estimate of drug-likeness (QED) is 0.872. The number of oxazole rings is 1. The lowest BCUT2D eigenvalue weighted by Gasteiger charge is -2.23. The van der Waals surface area contributed by atoms with Crippen molar-refractivity contribution in [1.29, 1.82) is 0 Å². The molecule has 0 aliphatic carbocycles. The highest BCUT2D eigenvalue weighted by Crippen LogP contribution is 2.22. The van der Waals surface area contributed by atoms with Gasteiger partial charge in [0.25, 0.3) is 0 Å². The molecule has 0 fully saturated rings. The van der Waals surface area contributed by atoms with Gasteiger partial charge in [-0.15, -0.1) is 0 Å². The van der Waals surface area contributed by atoms with Crippen LogP contribution in [0, 0.1) is 0 Å². The summed E-state index contributed by atoms with van der Waals surface area (Å²) in [6, 6.07) is 8.63. The molecule has 0 bridgehead atoms. The summed E-state index contributed by atoms with van der Waals surface area (Å²) in [6.07, 6.45) is 0.736. The van der Waals surface area contributed by atoms with E-state index in [4.69, 9.17) is 9.15 Å². The van der Waals surface area contributed by atoms with Crippen LogP contribution in [0.2, 0.25) is 0 Å². The van der Waals surface area contributed by atoms with E-state index in [2.05, 4.69) is 10.3 Å². The zero-order valence-corrected chi connectivity index (χ0v) is 13.8. The largest absolute Gasteiger partial charge is 0.476 e. The number of amides is 1. The summed E-state index contributed by atoms with van der Waals surface area (Å²) in [7, 11) is 0. The third-order valence-corrected chi connectivity index (χ3v) is 3.09. The summed E-state index contributed by atoms with van der Waals surface area (Å²) in [5, 5.41) is 11.9. The number of alkyl carbamates (subject to hydrolysis) is 1. The van der Waals surface area contributed by atoms with Crippen molar-refractivity contribution in [3.05, 3.63) is 53.7 Å². The Morgan fingerprint density at radius 2 is 1.96 bits per heavy atom. The van der Waals surface area contributed by atoms with Gasteiger partial charge in [0.2, 0.25) is 0 Å². The van der Waals surface area contributed by atoms with Crippen molar-refractivity contribution >= 4 is 12.1 Å². The van der Waals surface area contributed by atoms with Gasteiger partial charge in [-0.25, -0.2) is 14.6 Å². The minimum atomic E-state index is -1.22. The molecule has 7 nitrogen and oxygen atoms in total. The van der Waals surface area contributed by atoms with Crippen molar-refractivity contribution < 1.29 is 23.8 Å². The Balaban J connectivity index is 2.26. The van der Waals surface area contributed by atoms with E-state index in [1.165, 1.54) is 0 Å². The van der Waals surface area contributed by atoms with Gasteiger partial charge in [0.15, 0.2) is 17.8 Å². The molecule has 0 aliphatic heterocycles. The molecule has 2 N–H and O–H groups in total. The van der Waals surface area contributed by atoms with Gasteiger partial charge in [-0.1, -0.05) is 30.3 Å². The van der Waals surface area contributed by atoms with Gasteiger partial charge in [-0.2, -0.15) is 0 Å². The lowest BCUT2D eigenvalue weighted by atomic mass is 10.0. The predicted molar refractivity (Wildman–Crippen MR) is 85.7 cm³/mol. The minimum Gasteiger partial charge on any atom is -0.476 e. The number of aromatic nitrogens is 1. The molecule has 0 saturated heterocycles. The van der Waals surface area contributed by atoms with Crippen LogP contribution in [0.25, 0.3) is 0 Å². The van der Waals surface area contributed by atoms with Gasteiger partial charge in [0, 0.05) is 6.42 Å². The van der Waals surface area contributed by atoms with E-state index in [9.17, 15) is 14.7 Å². The molecule has 2 rings (SSSR count). The number of carbonyl (C=O) groups is 2. The summed E-state index contributed by atoms with van der Waals surface area (Å²) >= 11 is 0. The van der Waals surface area contributed by atoms with Crippen molar-refractivity contribution in [3.63, 3.8) is 0 Å². The fraction of sp³-hybridized carbons (Fsp3) is 0.353. The van der Waals surface area contributed by atoms with Crippen LogP contribution < -0.4 is 5.32 Å². The molecule has 128 valence electrons. The summed E-state index contributed by atoms with van der Waals surface area (Å²) < 4.78 is 10.5. The van der Waals surface area contributed by atoms with Crippen LogP contribution in [0.3, 0.4) is 0 Å². The van der Waals surface area contributed by atoms with E-state index >= 15 is 0 Å². The Morgan fingerprint density at radius 1 is 1.29 bits per heavy atom. The standard InChI is InChI=1S/C17H20N2O5/c1-17(2,3)24-16(22)19-12(9-11-7-5-4-6-8-11)14-13(15(20)21)18-10-23-14/h4-8,10,12H,9H2,1-3H3,(H,19,22)(H,20,21). The van der Waals surface area contributed by atoms with Crippen molar-refractivity contribution in [3.8, 4) is 0 Å². The second-order valence-electron chi connectivity index (χ2n) is 6.26. The van der Waals surface area contributed by atoms with E-state index < -0.39 is 23.7 Å². The number of ether oxygens (including phenoxy) is 1. The number of hydrogen-bond donors (Lipinski definition) is 2. The maximum Gasteiger partial charge on any atom is 0.408 e. The van der Waals surface area contributed by atoms with Gasteiger partial charge in [-0.3, -0.25) is 0 Å². The highest BCUT2D eigenvalue weighted by Gasteiger charge is 2.28. The highest BCUT2D eigenvalue weighted by atomic mass is 16.6. The number of rotatable bonds is 5. The van der Waals surface area contributed by atoms with Crippen LogP contribution in [0.5, 0.6) is 0 Å². The number of carboxylic acids is 1. The summed E-state index contributed by atoms with van der Waals surface area (Å²) in [5.41, 5.74) is 0.0107. The first-order chi connectivity index (χ1) is 11.3. The topological polar surface area (TPSA) is 102 Å². The number of aromatic carboxylic acids is 1. The van der Waals surface area contributed by atoms with Crippen molar-refractivity contribution in [2.75, 3.05) is 0 Å². The van der Waals surface area contributed by atoms with Gasteiger partial charge in [-0.05, 0) is 26.3 Å². The smallest absolute Gasteiger partial charge is 0.408 e. The molecule has 1 unspecified atom stereocenters. The first-order valence-electron chi connectivity index (χ1n) is 7.46. The Hall–Kier alpha value is -2.83. The monoisotopic (exact) mass is 332 g/mol. The molecule has 0 spiro atoms. The molecule has 0 saturated carbocycles. The lowest BCUT2D eigenvalue weighted by molar-refractivity contribution is 0.0493. The number of nitrogens with one attached hydrogen (secondary N) is 1.